The monoisotopic (exact) mass is 460 g/mol. The van der Waals surface area contributed by atoms with E-state index in [0.29, 0.717) is 19.1 Å². The largest absolute Gasteiger partial charge is 0.491 e. The van der Waals surface area contributed by atoms with Gasteiger partial charge in [0, 0.05) is 6.08 Å². The van der Waals surface area contributed by atoms with Crippen molar-refractivity contribution in [2.24, 2.45) is 0 Å². The van der Waals surface area contributed by atoms with Gasteiger partial charge in [-0.1, -0.05) is 30.3 Å². The molecule has 0 aromatic heterocycles. The van der Waals surface area contributed by atoms with Gasteiger partial charge in [0.2, 0.25) is 0 Å². The second kappa shape index (κ2) is 10.9. The van der Waals surface area contributed by atoms with Crippen molar-refractivity contribution < 1.29 is 18.7 Å². The number of benzene rings is 2. The van der Waals surface area contributed by atoms with Gasteiger partial charge in [-0.25, -0.2) is 9.18 Å². The third-order valence-electron chi connectivity index (χ3n) is 3.90. The first kappa shape index (κ1) is 22.8. The maximum absolute atomic E-state index is 14.3. The molecule has 2 rings (SSSR count). The van der Waals surface area contributed by atoms with Crippen LogP contribution in [0.4, 0.5) is 4.39 Å². The van der Waals surface area contributed by atoms with E-state index in [9.17, 15) is 9.18 Å². The van der Waals surface area contributed by atoms with Crippen LogP contribution in [0.2, 0.25) is 6.04 Å². The van der Waals surface area contributed by atoms with Gasteiger partial charge in [0.15, 0.2) is 11.6 Å². The Bertz CT molecular complexity index is 820. The first-order valence-electron chi connectivity index (χ1n) is 8.64. The van der Waals surface area contributed by atoms with E-state index in [4.69, 9.17) is 38.0 Å². The minimum atomic E-state index is -2.60. The average molecular weight is 462 g/mol. The van der Waals surface area contributed by atoms with E-state index in [0.717, 1.165) is 23.1 Å². The number of halogens is 4. The fourth-order valence-electron chi connectivity index (χ4n) is 2.43. The smallest absolute Gasteiger partial charge is 0.341 e. The topological polar surface area (TPSA) is 35.5 Å². The van der Waals surface area contributed by atoms with E-state index >= 15 is 0 Å². The molecule has 3 nitrogen and oxygen atoms in total. The number of hydrogen-bond acceptors (Lipinski definition) is 3. The second-order valence-electron chi connectivity index (χ2n) is 6.04. The molecule has 0 amide bonds. The molecule has 0 fully saturated rings. The predicted octanol–water partition coefficient (Wildman–Crippen LogP) is 6.49. The number of esters is 1. The van der Waals surface area contributed by atoms with Crippen LogP contribution < -0.4 is 4.74 Å². The van der Waals surface area contributed by atoms with Crippen molar-refractivity contribution >= 4 is 51.3 Å². The van der Waals surface area contributed by atoms with Crippen LogP contribution in [0.1, 0.15) is 18.4 Å². The molecule has 0 spiro atoms. The summed E-state index contributed by atoms with van der Waals surface area (Å²) in [4.78, 5) is 11.1. The molecule has 0 heterocycles. The highest BCUT2D eigenvalue weighted by molar-refractivity contribution is 7.64. The van der Waals surface area contributed by atoms with Crippen LogP contribution in [0.5, 0.6) is 5.75 Å². The maximum atomic E-state index is 14.3. The molecule has 0 bridgehead atoms. The van der Waals surface area contributed by atoms with Gasteiger partial charge in [-0.15, -0.1) is 33.2 Å². The Kier molecular flexibility index (Phi) is 8.83. The van der Waals surface area contributed by atoms with Gasteiger partial charge in [-0.3, -0.25) is 0 Å². The van der Waals surface area contributed by atoms with E-state index in [1.807, 2.05) is 24.3 Å². The fraction of sp³-hybridized carbons (Fsp3) is 0.250. The van der Waals surface area contributed by atoms with Gasteiger partial charge in [-0.05, 0) is 53.8 Å². The molecule has 2 aromatic carbocycles. The van der Waals surface area contributed by atoms with E-state index in [1.54, 1.807) is 18.2 Å². The third kappa shape index (κ3) is 7.84. The normalized spacial score (nSPS) is 11.6. The van der Waals surface area contributed by atoms with Gasteiger partial charge < -0.3 is 9.47 Å². The number of methoxy groups -OCH3 is 1. The third-order valence-corrected chi connectivity index (χ3v) is 6.52. The van der Waals surface area contributed by atoms with Crippen LogP contribution in [-0.4, -0.2) is 25.7 Å². The van der Waals surface area contributed by atoms with Crippen molar-refractivity contribution in [3.63, 3.8) is 0 Å². The molecule has 0 aliphatic heterocycles. The lowest BCUT2D eigenvalue weighted by atomic mass is 10.0. The summed E-state index contributed by atoms with van der Waals surface area (Å²) >= 11 is 17.5. The van der Waals surface area contributed by atoms with E-state index in [2.05, 4.69) is 4.74 Å². The van der Waals surface area contributed by atoms with Crippen molar-refractivity contribution in [1.29, 1.82) is 0 Å². The number of carbonyl (C=O) groups excluding carboxylic acids is 1. The van der Waals surface area contributed by atoms with Crippen LogP contribution in [0.25, 0.3) is 17.2 Å². The molecule has 0 aliphatic rings. The molecule has 2 aromatic rings. The van der Waals surface area contributed by atoms with E-state index in [1.165, 1.54) is 19.3 Å². The standard InChI is InChI=1S/C20H20Cl3FO3Si/c1-26-20(25)11-6-15-4-7-16(8-5-15)17-9-10-19(18(24)14-17)27-12-2-3-13-28(21,22)23/h4-11,14H,2-3,12-13H2,1H3/b11-6+. The average Bonchev–Trinajstić information content (AvgIpc) is 2.66. The number of hydrogen-bond donors (Lipinski definition) is 0. The number of carbonyl (C=O) groups is 1. The van der Waals surface area contributed by atoms with Crippen LogP contribution >= 0.6 is 33.2 Å². The summed E-state index contributed by atoms with van der Waals surface area (Å²) in [5, 5.41) is 0. The molecule has 0 unspecified atom stereocenters. The first-order chi connectivity index (χ1) is 13.3. The van der Waals surface area contributed by atoms with Crippen LogP contribution in [-0.2, 0) is 9.53 Å². The summed E-state index contributed by atoms with van der Waals surface area (Å²) in [6, 6.07) is 10.2. The Morgan fingerprint density at radius 1 is 1.07 bits per heavy atom. The lowest BCUT2D eigenvalue weighted by molar-refractivity contribution is -0.134. The highest BCUT2D eigenvalue weighted by Gasteiger charge is 2.23. The van der Waals surface area contributed by atoms with Crippen LogP contribution in [0, 0.1) is 5.82 Å². The molecule has 0 radical (unpaired) electrons. The zero-order valence-electron chi connectivity index (χ0n) is 15.3. The Hall–Kier alpha value is -1.53. The molecule has 0 N–H and O–H groups in total. The summed E-state index contributed by atoms with van der Waals surface area (Å²) in [6.07, 6.45) is 4.43. The summed E-state index contributed by atoms with van der Waals surface area (Å²) in [5.74, 6) is -0.647. The van der Waals surface area contributed by atoms with E-state index < -0.39 is 17.8 Å². The fourth-order valence-corrected chi connectivity index (χ4v) is 4.28. The predicted molar refractivity (Wildman–Crippen MR) is 116 cm³/mol. The minimum absolute atomic E-state index is 0.201. The number of rotatable bonds is 9. The second-order valence-corrected chi connectivity index (χ2v) is 15.3. The number of ether oxygens (including phenoxy) is 2. The van der Waals surface area contributed by atoms with Gasteiger partial charge in [0.1, 0.15) is 0 Å². The summed E-state index contributed by atoms with van der Waals surface area (Å²) in [5.41, 5.74) is 2.43. The summed E-state index contributed by atoms with van der Waals surface area (Å²) in [6.45, 7) is 0.368. The molecular weight excluding hydrogens is 442 g/mol. The van der Waals surface area contributed by atoms with Crippen molar-refractivity contribution in [1.82, 2.24) is 0 Å². The minimum Gasteiger partial charge on any atom is -0.491 e. The lowest BCUT2D eigenvalue weighted by Crippen LogP contribution is -2.09. The molecule has 0 aliphatic carbocycles. The Morgan fingerprint density at radius 2 is 1.75 bits per heavy atom. The molecule has 150 valence electrons. The Labute approximate surface area is 179 Å². The highest BCUT2D eigenvalue weighted by Crippen LogP contribution is 2.28. The van der Waals surface area contributed by atoms with Crippen molar-refractivity contribution in [2.75, 3.05) is 13.7 Å². The molecule has 28 heavy (non-hydrogen) atoms. The van der Waals surface area contributed by atoms with Gasteiger partial charge in [0.25, 0.3) is 0 Å². The van der Waals surface area contributed by atoms with Gasteiger partial charge in [0.05, 0.1) is 13.7 Å². The van der Waals surface area contributed by atoms with Crippen molar-refractivity contribution in [3.8, 4) is 16.9 Å². The highest BCUT2D eigenvalue weighted by atomic mass is 35.8. The van der Waals surface area contributed by atoms with Crippen LogP contribution in [0.15, 0.2) is 48.5 Å². The van der Waals surface area contributed by atoms with Crippen molar-refractivity contribution in [3.05, 3.63) is 59.9 Å². The van der Waals surface area contributed by atoms with Crippen LogP contribution in [0.3, 0.4) is 0 Å². The first-order valence-corrected chi connectivity index (χ1v) is 13.9. The van der Waals surface area contributed by atoms with E-state index in [-0.39, 0.29) is 5.75 Å². The quantitative estimate of drug-likeness (QED) is 0.141. The maximum Gasteiger partial charge on any atom is 0.341 e. The van der Waals surface area contributed by atoms with Crippen molar-refractivity contribution in [2.45, 2.75) is 18.9 Å². The zero-order valence-corrected chi connectivity index (χ0v) is 18.5. The molecule has 8 heteroatoms. The van der Waals surface area contributed by atoms with Gasteiger partial charge in [-0.2, -0.15) is 0 Å². The molecule has 0 saturated heterocycles. The molecular formula is C20H20Cl3FO3Si. The zero-order chi connectivity index (χ0) is 20.6. The molecule has 0 saturated carbocycles. The number of unbranched alkanes of at least 4 members (excludes halogenated alkanes) is 1. The summed E-state index contributed by atoms with van der Waals surface area (Å²) < 4.78 is 24.4. The Morgan fingerprint density at radius 3 is 2.36 bits per heavy atom. The lowest BCUT2D eigenvalue weighted by Gasteiger charge is -2.10. The Balaban J connectivity index is 1.94. The SMILES string of the molecule is COC(=O)/C=C/c1ccc(-c2ccc(OCCCC[Si](Cl)(Cl)Cl)c(F)c2)cc1. The summed E-state index contributed by atoms with van der Waals surface area (Å²) in [7, 11) is 1.32. The van der Waals surface area contributed by atoms with Gasteiger partial charge >= 0.3 is 12.0 Å². The molecule has 0 atom stereocenters.